The molecule has 10 nitrogen and oxygen atoms in total. The molecule has 2 atom stereocenters. The van der Waals surface area contributed by atoms with Crippen molar-refractivity contribution in [3.63, 3.8) is 0 Å². The second-order valence-corrected chi connectivity index (χ2v) is 7.65. The summed E-state index contributed by atoms with van der Waals surface area (Å²) in [5.74, 6) is -3.26. The summed E-state index contributed by atoms with van der Waals surface area (Å²) in [4.78, 5) is 39.4. The number of phenolic OH excluding ortho intramolecular Hbond substituents is 1. The lowest BCUT2D eigenvalue weighted by molar-refractivity contribution is -0.150. The second-order valence-electron chi connectivity index (χ2n) is 7.65. The van der Waals surface area contributed by atoms with E-state index in [0.717, 1.165) is 7.11 Å². The summed E-state index contributed by atoms with van der Waals surface area (Å²) in [5.41, 5.74) is 6.24. The van der Waals surface area contributed by atoms with Crippen LogP contribution in [0.1, 0.15) is 37.8 Å². The summed E-state index contributed by atoms with van der Waals surface area (Å²) in [6, 6.07) is 0.0158. The highest BCUT2D eigenvalue weighted by Gasteiger charge is 2.37. The Kier molecular flexibility index (Phi) is 6.61. The largest absolute Gasteiger partial charge is 0.514 e. The molecule has 4 N–H and O–H groups in total. The van der Waals surface area contributed by atoms with Crippen LogP contribution in [0.3, 0.4) is 0 Å². The number of methoxy groups -OCH3 is 2. The number of aromatic nitrogens is 1. The van der Waals surface area contributed by atoms with E-state index >= 15 is 0 Å². The SMILES string of the molecule is COC(=O)C(N)C(C(=O)OC)c1c[nH]c2c(OC(=O)OC(C)(C)C)c(O)cc(C)c12. The van der Waals surface area contributed by atoms with Gasteiger partial charge >= 0.3 is 18.1 Å². The first kappa shape index (κ1) is 23.0. The third-order valence-electron chi connectivity index (χ3n) is 4.32. The normalized spacial score (nSPS) is 13.4. The smallest absolute Gasteiger partial charge is 0.504 e. The molecule has 2 unspecified atom stereocenters. The molecule has 0 aliphatic heterocycles. The van der Waals surface area contributed by atoms with Gasteiger partial charge in [0.15, 0.2) is 11.5 Å². The van der Waals surface area contributed by atoms with Gasteiger partial charge in [0.25, 0.3) is 0 Å². The Hall–Kier alpha value is -3.27. The minimum atomic E-state index is -1.34. The fraction of sp³-hybridized carbons (Fsp3) is 0.450. The van der Waals surface area contributed by atoms with Gasteiger partial charge in [-0.3, -0.25) is 9.59 Å². The first-order valence-electron chi connectivity index (χ1n) is 9.06. The van der Waals surface area contributed by atoms with E-state index in [9.17, 15) is 19.5 Å². The third kappa shape index (κ3) is 4.65. The van der Waals surface area contributed by atoms with Crippen molar-refractivity contribution in [3.05, 3.63) is 23.4 Å². The Bertz CT molecular complexity index is 973. The molecule has 0 bridgehead atoms. The molecule has 0 saturated heterocycles. The Morgan fingerprint density at radius 2 is 1.73 bits per heavy atom. The lowest BCUT2D eigenvalue weighted by Gasteiger charge is -2.21. The molecular formula is C20H26N2O8. The van der Waals surface area contributed by atoms with Gasteiger partial charge in [0.05, 0.1) is 19.7 Å². The van der Waals surface area contributed by atoms with Crippen LogP contribution in [-0.2, 0) is 23.8 Å². The van der Waals surface area contributed by atoms with E-state index in [4.69, 9.17) is 19.9 Å². The number of carbonyl (C=O) groups is 3. The second kappa shape index (κ2) is 8.62. The van der Waals surface area contributed by atoms with Crippen molar-refractivity contribution in [1.82, 2.24) is 4.98 Å². The molecule has 0 amide bonds. The van der Waals surface area contributed by atoms with Crippen molar-refractivity contribution in [2.75, 3.05) is 14.2 Å². The Labute approximate surface area is 173 Å². The molecule has 0 saturated carbocycles. The van der Waals surface area contributed by atoms with E-state index in [1.54, 1.807) is 27.7 Å². The van der Waals surface area contributed by atoms with E-state index in [0.29, 0.717) is 16.5 Å². The zero-order valence-corrected chi connectivity index (χ0v) is 17.7. The van der Waals surface area contributed by atoms with Gasteiger partial charge in [-0.1, -0.05) is 0 Å². The summed E-state index contributed by atoms with van der Waals surface area (Å²) in [6.45, 7) is 6.68. The molecule has 10 heteroatoms. The zero-order chi connectivity index (χ0) is 22.8. The molecule has 0 radical (unpaired) electrons. The molecule has 0 fully saturated rings. The van der Waals surface area contributed by atoms with Crippen LogP contribution in [0.5, 0.6) is 11.5 Å². The van der Waals surface area contributed by atoms with Crippen molar-refractivity contribution in [1.29, 1.82) is 0 Å². The number of rotatable bonds is 5. The number of ether oxygens (including phenoxy) is 4. The minimum absolute atomic E-state index is 0.189. The summed E-state index contributed by atoms with van der Waals surface area (Å²) in [7, 11) is 2.33. The highest BCUT2D eigenvalue weighted by atomic mass is 16.7. The van der Waals surface area contributed by atoms with Crippen LogP contribution >= 0.6 is 0 Å². The number of fused-ring (bicyclic) bond motifs is 1. The quantitative estimate of drug-likeness (QED) is 0.374. The number of aromatic hydroxyl groups is 1. The number of hydrogen-bond donors (Lipinski definition) is 3. The number of esters is 2. The molecule has 0 spiro atoms. The van der Waals surface area contributed by atoms with Crippen molar-refractivity contribution in [2.45, 2.75) is 45.3 Å². The number of H-pyrrole nitrogens is 1. The topological polar surface area (TPSA) is 150 Å². The van der Waals surface area contributed by atoms with Gasteiger partial charge in [-0.25, -0.2) is 4.79 Å². The number of hydrogen-bond acceptors (Lipinski definition) is 9. The van der Waals surface area contributed by atoms with Crippen molar-refractivity contribution in [2.24, 2.45) is 5.73 Å². The van der Waals surface area contributed by atoms with Gasteiger partial charge in [-0.05, 0) is 44.9 Å². The maximum absolute atomic E-state index is 12.4. The molecular weight excluding hydrogens is 396 g/mol. The van der Waals surface area contributed by atoms with Crippen LogP contribution in [0.4, 0.5) is 4.79 Å². The summed E-state index contributed by atoms with van der Waals surface area (Å²) in [6.07, 6.45) is 0.415. The molecule has 1 aromatic heterocycles. The molecule has 164 valence electrons. The molecule has 30 heavy (non-hydrogen) atoms. The van der Waals surface area contributed by atoms with Gasteiger partial charge in [0.2, 0.25) is 0 Å². The molecule has 1 heterocycles. The number of aryl methyl sites for hydroxylation is 1. The fourth-order valence-electron chi connectivity index (χ4n) is 3.08. The summed E-state index contributed by atoms with van der Waals surface area (Å²) in [5, 5.41) is 10.8. The Morgan fingerprint density at radius 1 is 1.13 bits per heavy atom. The number of carbonyl (C=O) groups excluding carboxylic acids is 3. The highest BCUT2D eigenvalue weighted by Crippen LogP contribution is 2.41. The van der Waals surface area contributed by atoms with Gasteiger partial charge < -0.3 is 34.8 Å². The van der Waals surface area contributed by atoms with Gasteiger partial charge in [0.1, 0.15) is 17.6 Å². The van der Waals surface area contributed by atoms with Crippen LogP contribution in [-0.4, -0.2) is 54.0 Å². The first-order chi connectivity index (χ1) is 13.9. The maximum atomic E-state index is 12.4. The van der Waals surface area contributed by atoms with Crippen LogP contribution in [0.2, 0.25) is 0 Å². The Morgan fingerprint density at radius 3 is 2.27 bits per heavy atom. The Balaban J connectivity index is 2.62. The molecule has 2 rings (SSSR count). The van der Waals surface area contributed by atoms with Crippen molar-refractivity contribution in [3.8, 4) is 11.5 Å². The van der Waals surface area contributed by atoms with Crippen molar-refractivity contribution < 1.29 is 38.4 Å². The molecule has 0 aliphatic carbocycles. The first-order valence-corrected chi connectivity index (χ1v) is 9.06. The van der Waals surface area contributed by atoms with E-state index in [1.807, 2.05) is 0 Å². The molecule has 0 aliphatic rings. The van der Waals surface area contributed by atoms with E-state index < -0.39 is 35.7 Å². The van der Waals surface area contributed by atoms with Crippen LogP contribution < -0.4 is 10.5 Å². The maximum Gasteiger partial charge on any atom is 0.514 e. The van der Waals surface area contributed by atoms with Gasteiger partial charge in [-0.15, -0.1) is 0 Å². The predicted molar refractivity (Wildman–Crippen MR) is 106 cm³/mol. The number of benzene rings is 1. The third-order valence-corrected chi connectivity index (χ3v) is 4.32. The molecule has 1 aromatic carbocycles. The number of nitrogens with one attached hydrogen (secondary N) is 1. The minimum Gasteiger partial charge on any atom is -0.504 e. The molecule has 2 aromatic rings. The van der Waals surface area contributed by atoms with E-state index in [1.165, 1.54) is 19.4 Å². The average molecular weight is 422 g/mol. The monoisotopic (exact) mass is 422 g/mol. The number of nitrogens with two attached hydrogens (primary N) is 1. The van der Waals surface area contributed by atoms with Crippen LogP contribution in [0.25, 0.3) is 10.9 Å². The van der Waals surface area contributed by atoms with E-state index in [2.05, 4.69) is 9.72 Å². The number of phenols is 1. The van der Waals surface area contributed by atoms with Crippen LogP contribution in [0, 0.1) is 6.92 Å². The highest BCUT2D eigenvalue weighted by molar-refractivity contribution is 5.99. The lowest BCUT2D eigenvalue weighted by atomic mass is 9.90. The lowest BCUT2D eigenvalue weighted by Crippen LogP contribution is -2.41. The van der Waals surface area contributed by atoms with Gasteiger partial charge in [-0.2, -0.15) is 0 Å². The van der Waals surface area contributed by atoms with Gasteiger partial charge in [0, 0.05) is 11.6 Å². The summed E-state index contributed by atoms with van der Waals surface area (Å²) < 4.78 is 19.8. The van der Waals surface area contributed by atoms with E-state index in [-0.39, 0.29) is 17.0 Å². The zero-order valence-electron chi connectivity index (χ0n) is 17.7. The predicted octanol–water partition coefficient (Wildman–Crippen LogP) is 2.25. The fourth-order valence-corrected chi connectivity index (χ4v) is 3.08. The standard InChI is InChI=1S/C20H26N2O8/c1-9-7-11(23)16(29-19(26)30-20(2,3)4)15-12(9)10(8-22-15)13(17(24)27-5)14(21)18(25)28-6/h7-8,13-14,22-23H,21H2,1-6H3. The number of aromatic amines is 1. The summed E-state index contributed by atoms with van der Waals surface area (Å²) >= 11 is 0. The van der Waals surface area contributed by atoms with Crippen LogP contribution in [0.15, 0.2) is 12.3 Å². The van der Waals surface area contributed by atoms with Crippen molar-refractivity contribution >= 4 is 29.0 Å². The average Bonchev–Trinajstić information content (AvgIpc) is 3.07.